The summed E-state index contributed by atoms with van der Waals surface area (Å²) in [6.07, 6.45) is 2.68. The van der Waals surface area contributed by atoms with Gasteiger partial charge in [-0.25, -0.2) is 4.98 Å². The molecular formula is C13H17NO4. The smallest absolute Gasteiger partial charge is 0.306 e. The van der Waals surface area contributed by atoms with E-state index in [4.69, 9.17) is 9.84 Å². The summed E-state index contributed by atoms with van der Waals surface area (Å²) in [5, 5.41) is 18.6. The third-order valence-corrected chi connectivity index (χ3v) is 3.25. The quantitative estimate of drug-likeness (QED) is 0.860. The van der Waals surface area contributed by atoms with Crippen LogP contribution in [0.15, 0.2) is 12.1 Å². The molecule has 0 amide bonds. The van der Waals surface area contributed by atoms with E-state index in [1.54, 1.807) is 19.1 Å². The predicted octanol–water partition coefficient (Wildman–Crippen LogP) is 2.12. The maximum Gasteiger partial charge on any atom is 0.306 e. The molecule has 0 aromatic carbocycles. The molecule has 5 nitrogen and oxygen atoms in total. The van der Waals surface area contributed by atoms with E-state index in [1.165, 1.54) is 0 Å². The number of aliphatic carboxylic acids is 1. The highest BCUT2D eigenvalue weighted by atomic mass is 16.5. The number of hydrogen-bond donors (Lipinski definition) is 2. The molecule has 0 saturated heterocycles. The Morgan fingerprint density at radius 1 is 1.44 bits per heavy atom. The van der Waals surface area contributed by atoms with Crippen LogP contribution in [0.1, 0.15) is 31.4 Å². The number of aromatic nitrogens is 1. The summed E-state index contributed by atoms with van der Waals surface area (Å²) in [5.74, 6) is -0.914. The van der Waals surface area contributed by atoms with Gasteiger partial charge in [0, 0.05) is 5.69 Å². The number of carboxylic acids is 1. The van der Waals surface area contributed by atoms with Gasteiger partial charge in [0.2, 0.25) is 0 Å². The van der Waals surface area contributed by atoms with Gasteiger partial charge in [0.15, 0.2) is 5.75 Å². The molecule has 1 aliphatic rings. The lowest BCUT2D eigenvalue weighted by Gasteiger charge is -2.27. The zero-order valence-corrected chi connectivity index (χ0v) is 10.3. The fourth-order valence-corrected chi connectivity index (χ4v) is 2.28. The van der Waals surface area contributed by atoms with Gasteiger partial charge in [-0.2, -0.15) is 0 Å². The lowest BCUT2D eigenvalue weighted by molar-refractivity contribution is -0.143. The summed E-state index contributed by atoms with van der Waals surface area (Å²) >= 11 is 0. The van der Waals surface area contributed by atoms with Crippen LogP contribution in [0.3, 0.4) is 0 Å². The Bertz CT molecular complexity index is 447. The molecule has 98 valence electrons. The van der Waals surface area contributed by atoms with E-state index in [1.807, 2.05) is 0 Å². The van der Waals surface area contributed by atoms with Crippen LogP contribution in [0, 0.1) is 12.8 Å². The lowest BCUT2D eigenvalue weighted by Crippen LogP contribution is -2.29. The van der Waals surface area contributed by atoms with Crippen molar-refractivity contribution in [1.82, 2.24) is 4.98 Å². The van der Waals surface area contributed by atoms with Gasteiger partial charge >= 0.3 is 5.97 Å². The normalized spacial score (nSPS) is 23.6. The van der Waals surface area contributed by atoms with Crippen molar-refractivity contribution < 1.29 is 19.7 Å². The zero-order chi connectivity index (χ0) is 13.1. The van der Waals surface area contributed by atoms with Crippen molar-refractivity contribution in [2.75, 3.05) is 0 Å². The van der Waals surface area contributed by atoms with Crippen LogP contribution in [0.2, 0.25) is 0 Å². The van der Waals surface area contributed by atoms with E-state index in [0.29, 0.717) is 24.3 Å². The summed E-state index contributed by atoms with van der Waals surface area (Å²) in [4.78, 5) is 14.9. The number of carbonyl (C=O) groups is 1. The molecule has 18 heavy (non-hydrogen) atoms. The number of rotatable bonds is 3. The molecule has 0 spiro atoms. The first-order chi connectivity index (χ1) is 8.56. The summed E-state index contributed by atoms with van der Waals surface area (Å²) in [5.41, 5.74) is 0.715. The summed E-state index contributed by atoms with van der Waals surface area (Å²) in [7, 11) is 0. The first-order valence-corrected chi connectivity index (χ1v) is 6.12. The maximum absolute atomic E-state index is 10.9. The monoisotopic (exact) mass is 251 g/mol. The number of hydrogen-bond acceptors (Lipinski definition) is 4. The molecule has 2 rings (SSSR count). The van der Waals surface area contributed by atoms with Crippen molar-refractivity contribution >= 4 is 5.97 Å². The fraction of sp³-hybridized carbons (Fsp3) is 0.538. The first-order valence-electron chi connectivity index (χ1n) is 6.12. The topological polar surface area (TPSA) is 79.7 Å². The van der Waals surface area contributed by atoms with Crippen molar-refractivity contribution in [3.05, 3.63) is 17.8 Å². The van der Waals surface area contributed by atoms with Crippen LogP contribution in [0.25, 0.3) is 0 Å². The molecule has 0 radical (unpaired) electrons. The van der Waals surface area contributed by atoms with Gasteiger partial charge in [-0.3, -0.25) is 4.79 Å². The molecule has 1 aromatic rings. The van der Waals surface area contributed by atoms with Crippen LogP contribution < -0.4 is 4.74 Å². The minimum absolute atomic E-state index is 0.132. The van der Waals surface area contributed by atoms with Crippen LogP contribution in [-0.4, -0.2) is 27.3 Å². The van der Waals surface area contributed by atoms with Gasteiger partial charge in [0.1, 0.15) is 0 Å². The molecule has 2 atom stereocenters. The largest absolute Gasteiger partial charge is 0.491 e. The van der Waals surface area contributed by atoms with Gasteiger partial charge in [-0.1, -0.05) is 0 Å². The Balaban J connectivity index is 2.02. The second kappa shape index (κ2) is 5.25. The Morgan fingerprint density at radius 2 is 2.22 bits per heavy atom. The van der Waals surface area contributed by atoms with E-state index in [0.717, 1.165) is 12.8 Å². The molecule has 2 N–H and O–H groups in total. The number of carboxylic acid groups (broad SMARTS) is 1. The second-order valence-electron chi connectivity index (χ2n) is 4.72. The molecule has 1 aromatic heterocycles. The van der Waals surface area contributed by atoms with Crippen LogP contribution in [0.5, 0.6) is 11.6 Å². The maximum atomic E-state index is 10.9. The van der Waals surface area contributed by atoms with E-state index in [2.05, 4.69) is 4.98 Å². The third-order valence-electron chi connectivity index (χ3n) is 3.25. The SMILES string of the molecule is Cc1ccc(O[C@H]2CCC[C@H](C(=O)O)C2)c(O)n1. The van der Waals surface area contributed by atoms with Crippen molar-refractivity contribution in [1.29, 1.82) is 0 Å². The van der Waals surface area contributed by atoms with Crippen molar-refractivity contribution in [3.63, 3.8) is 0 Å². The average Bonchev–Trinajstić information content (AvgIpc) is 2.33. The number of pyridine rings is 1. The van der Waals surface area contributed by atoms with Crippen molar-refractivity contribution in [3.8, 4) is 11.6 Å². The lowest BCUT2D eigenvalue weighted by atomic mass is 9.87. The van der Waals surface area contributed by atoms with Gasteiger partial charge < -0.3 is 14.9 Å². The molecule has 1 saturated carbocycles. The number of aryl methyl sites for hydroxylation is 1. The van der Waals surface area contributed by atoms with E-state index >= 15 is 0 Å². The van der Waals surface area contributed by atoms with Crippen LogP contribution >= 0.6 is 0 Å². The van der Waals surface area contributed by atoms with Crippen LogP contribution in [-0.2, 0) is 4.79 Å². The number of aromatic hydroxyl groups is 1. The minimum Gasteiger partial charge on any atom is -0.491 e. The van der Waals surface area contributed by atoms with E-state index < -0.39 is 5.97 Å². The highest BCUT2D eigenvalue weighted by Gasteiger charge is 2.28. The summed E-state index contributed by atoms with van der Waals surface area (Å²) in [6.45, 7) is 1.78. The average molecular weight is 251 g/mol. The zero-order valence-electron chi connectivity index (χ0n) is 10.3. The minimum atomic E-state index is -0.769. The van der Waals surface area contributed by atoms with Crippen molar-refractivity contribution in [2.24, 2.45) is 5.92 Å². The van der Waals surface area contributed by atoms with Gasteiger partial charge in [0.25, 0.3) is 5.88 Å². The Morgan fingerprint density at radius 3 is 2.89 bits per heavy atom. The van der Waals surface area contributed by atoms with Crippen molar-refractivity contribution in [2.45, 2.75) is 38.7 Å². The molecule has 1 heterocycles. The van der Waals surface area contributed by atoms with Gasteiger partial charge in [0.05, 0.1) is 12.0 Å². The highest BCUT2D eigenvalue weighted by molar-refractivity contribution is 5.70. The molecule has 0 bridgehead atoms. The summed E-state index contributed by atoms with van der Waals surface area (Å²) < 4.78 is 5.65. The molecule has 0 aliphatic heterocycles. The summed E-state index contributed by atoms with van der Waals surface area (Å²) in [6, 6.07) is 3.43. The Labute approximate surface area is 105 Å². The van der Waals surface area contributed by atoms with E-state index in [9.17, 15) is 9.90 Å². The number of nitrogens with zero attached hydrogens (tertiary/aromatic N) is 1. The Hall–Kier alpha value is -1.78. The standard InChI is InChI=1S/C13H17NO4/c1-8-5-6-11(12(15)14-8)18-10-4-2-3-9(7-10)13(16)17/h5-6,9-10H,2-4,7H2,1H3,(H,14,15)(H,16,17)/t9-,10-/m0/s1. The predicted molar refractivity (Wildman–Crippen MR) is 64.6 cm³/mol. The second-order valence-corrected chi connectivity index (χ2v) is 4.72. The molecular weight excluding hydrogens is 234 g/mol. The molecule has 0 unspecified atom stereocenters. The fourth-order valence-electron chi connectivity index (χ4n) is 2.28. The van der Waals surface area contributed by atoms with Crippen LogP contribution in [0.4, 0.5) is 0 Å². The van der Waals surface area contributed by atoms with E-state index in [-0.39, 0.29) is 17.9 Å². The van der Waals surface area contributed by atoms with Gasteiger partial charge in [-0.15, -0.1) is 0 Å². The molecule has 1 fully saturated rings. The number of ether oxygens (including phenoxy) is 1. The van der Waals surface area contributed by atoms with Gasteiger partial charge in [-0.05, 0) is 44.7 Å². The highest BCUT2D eigenvalue weighted by Crippen LogP contribution is 2.31. The molecule has 5 heteroatoms. The molecule has 1 aliphatic carbocycles. The Kier molecular flexibility index (Phi) is 3.69. The third kappa shape index (κ3) is 2.91. The first kappa shape index (κ1) is 12.7.